The molecule has 2 heterocycles. The molecule has 1 amide bonds. The molecule has 0 radical (unpaired) electrons. The van der Waals surface area contributed by atoms with Crippen LogP contribution in [0, 0.1) is 12.8 Å². The van der Waals surface area contributed by atoms with E-state index in [0.717, 1.165) is 29.8 Å². The summed E-state index contributed by atoms with van der Waals surface area (Å²) in [6.07, 6.45) is 1.77. The maximum absolute atomic E-state index is 12.2. The summed E-state index contributed by atoms with van der Waals surface area (Å²) in [4.78, 5) is 12.2. The molecule has 2 aromatic rings. The highest BCUT2D eigenvalue weighted by Crippen LogP contribution is 2.26. The lowest BCUT2D eigenvalue weighted by molar-refractivity contribution is 0.0933. The number of carbonyl (C=O) groups excluding carboxylic acids is 1. The predicted octanol–water partition coefficient (Wildman–Crippen LogP) is 2.26. The molecule has 1 atom stereocenters. The van der Waals surface area contributed by atoms with Gasteiger partial charge in [0.25, 0.3) is 5.91 Å². The van der Waals surface area contributed by atoms with Crippen LogP contribution in [0.25, 0.3) is 0 Å². The van der Waals surface area contributed by atoms with Crippen molar-refractivity contribution in [2.45, 2.75) is 26.7 Å². The van der Waals surface area contributed by atoms with Gasteiger partial charge in [0.05, 0.1) is 6.61 Å². The van der Waals surface area contributed by atoms with Gasteiger partial charge in [-0.1, -0.05) is 25.1 Å². The lowest BCUT2D eigenvalue weighted by atomic mass is 9.96. The van der Waals surface area contributed by atoms with Gasteiger partial charge in [0.1, 0.15) is 5.75 Å². The number of H-pyrrole nitrogens is 1. The molecule has 0 saturated carbocycles. The first-order valence-electron chi connectivity index (χ1n) is 7.71. The molecule has 2 N–H and O–H groups in total. The third-order valence-corrected chi connectivity index (χ3v) is 4.19. The molecule has 0 aliphatic carbocycles. The zero-order chi connectivity index (χ0) is 15.5. The molecule has 0 unspecified atom stereocenters. The van der Waals surface area contributed by atoms with Crippen LogP contribution in [0.15, 0.2) is 24.3 Å². The summed E-state index contributed by atoms with van der Waals surface area (Å²) in [6, 6.07) is 8.06. The maximum atomic E-state index is 12.2. The minimum Gasteiger partial charge on any atom is -0.493 e. The van der Waals surface area contributed by atoms with E-state index in [0.29, 0.717) is 24.8 Å². The summed E-state index contributed by atoms with van der Waals surface area (Å²) in [5.74, 6) is 1.14. The van der Waals surface area contributed by atoms with Gasteiger partial charge in [0.15, 0.2) is 5.69 Å². The van der Waals surface area contributed by atoms with Crippen molar-refractivity contribution in [2.75, 3.05) is 13.2 Å². The van der Waals surface area contributed by atoms with Gasteiger partial charge in [-0.15, -0.1) is 0 Å². The van der Waals surface area contributed by atoms with Gasteiger partial charge in [-0.25, -0.2) is 0 Å². The number of rotatable bonds is 4. The molecule has 116 valence electrons. The molecule has 3 rings (SSSR count). The van der Waals surface area contributed by atoms with Gasteiger partial charge in [-0.2, -0.15) is 5.10 Å². The van der Waals surface area contributed by atoms with Crippen molar-refractivity contribution >= 4 is 5.91 Å². The summed E-state index contributed by atoms with van der Waals surface area (Å²) >= 11 is 0. The van der Waals surface area contributed by atoms with Crippen molar-refractivity contribution in [2.24, 2.45) is 5.92 Å². The van der Waals surface area contributed by atoms with E-state index in [1.54, 1.807) is 0 Å². The number of carbonyl (C=O) groups is 1. The smallest absolute Gasteiger partial charge is 0.272 e. The fourth-order valence-corrected chi connectivity index (χ4v) is 2.84. The van der Waals surface area contributed by atoms with Gasteiger partial charge in [-0.05, 0) is 31.4 Å². The van der Waals surface area contributed by atoms with Gasteiger partial charge in [0.2, 0.25) is 0 Å². The van der Waals surface area contributed by atoms with Crippen LogP contribution >= 0.6 is 0 Å². The van der Waals surface area contributed by atoms with E-state index in [2.05, 4.69) is 21.6 Å². The molecule has 1 aromatic carbocycles. The number of para-hydroxylation sites is 1. The Morgan fingerprint density at radius 3 is 3.05 bits per heavy atom. The van der Waals surface area contributed by atoms with E-state index in [4.69, 9.17) is 4.74 Å². The highest BCUT2D eigenvalue weighted by atomic mass is 16.5. The number of aromatic nitrogens is 2. The number of hydrogen-bond acceptors (Lipinski definition) is 3. The summed E-state index contributed by atoms with van der Waals surface area (Å²) in [5.41, 5.74) is 3.65. The fraction of sp³-hybridized carbons (Fsp3) is 0.412. The molecule has 0 fully saturated rings. The lowest BCUT2D eigenvalue weighted by Gasteiger charge is -2.25. The Labute approximate surface area is 130 Å². The Bertz CT molecular complexity index is 678. The molecular weight excluding hydrogens is 278 g/mol. The van der Waals surface area contributed by atoms with Gasteiger partial charge < -0.3 is 10.1 Å². The van der Waals surface area contributed by atoms with Crippen LogP contribution in [-0.2, 0) is 12.8 Å². The van der Waals surface area contributed by atoms with Gasteiger partial charge in [-0.3, -0.25) is 9.89 Å². The van der Waals surface area contributed by atoms with E-state index in [1.165, 1.54) is 5.56 Å². The normalized spacial score (nSPS) is 16.7. The Morgan fingerprint density at radius 2 is 2.27 bits per heavy atom. The quantitative estimate of drug-likeness (QED) is 0.910. The number of ether oxygens (including phenoxy) is 1. The van der Waals surface area contributed by atoms with E-state index in [9.17, 15) is 4.79 Å². The Morgan fingerprint density at radius 1 is 1.45 bits per heavy atom. The number of nitrogens with zero attached hydrogens (tertiary/aromatic N) is 1. The third-order valence-electron chi connectivity index (χ3n) is 4.19. The molecule has 0 spiro atoms. The van der Waals surface area contributed by atoms with Crippen LogP contribution < -0.4 is 10.1 Å². The lowest BCUT2D eigenvalue weighted by Crippen LogP contribution is -2.35. The van der Waals surface area contributed by atoms with Crippen LogP contribution in [0.5, 0.6) is 5.75 Å². The SMILES string of the molecule is CCc1[nH]nc(C(=O)NC[C@@H]2COc3ccccc3C2)c1C. The van der Waals surface area contributed by atoms with Crippen molar-refractivity contribution in [3.63, 3.8) is 0 Å². The molecule has 22 heavy (non-hydrogen) atoms. The summed E-state index contributed by atoms with van der Waals surface area (Å²) in [5, 5.41) is 10.0. The van der Waals surface area contributed by atoms with Crippen LogP contribution in [-0.4, -0.2) is 29.3 Å². The predicted molar refractivity (Wildman–Crippen MR) is 84.2 cm³/mol. The van der Waals surface area contributed by atoms with Crippen LogP contribution in [0.3, 0.4) is 0 Å². The molecule has 1 aliphatic rings. The second kappa shape index (κ2) is 6.22. The van der Waals surface area contributed by atoms with E-state index < -0.39 is 0 Å². The Balaban J connectivity index is 1.59. The van der Waals surface area contributed by atoms with E-state index in [-0.39, 0.29) is 5.91 Å². The van der Waals surface area contributed by atoms with Crippen molar-refractivity contribution in [1.82, 2.24) is 15.5 Å². The van der Waals surface area contributed by atoms with E-state index in [1.807, 2.05) is 32.0 Å². The molecule has 1 aliphatic heterocycles. The van der Waals surface area contributed by atoms with Crippen molar-refractivity contribution in [3.05, 3.63) is 46.8 Å². The zero-order valence-electron chi connectivity index (χ0n) is 13.0. The topological polar surface area (TPSA) is 67.0 Å². The van der Waals surface area contributed by atoms with Crippen molar-refractivity contribution in [3.8, 4) is 5.75 Å². The highest BCUT2D eigenvalue weighted by molar-refractivity contribution is 5.93. The Hall–Kier alpha value is -2.30. The van der Waals surface area contributed by atoms with Gasteiger partial charge >= 0.3 is 0 Å². The number of aromatic amines is 1. The molecule has 0 bridgehead atoms. The summed E-state index contributed by atoms with van der Waals surface area (Å²) in [7, 11) is 0. The van der Waals surface area contributed by atoms with Crippen molar-refractivity contribution in [1.29, 1.82) is 0 Å². The zero-order valence-corrected chi connectivity index (χ0v) is 13.0. The van der Waals surface area contributed by atoms with Crippen molar-refractivity contribution < 1.29 is 9.53 Å². The largest absolute Gasteiger partial charge is 0.493 e. The van der Waals surface area contributed by atoms with Crippen LogP contribution in [0.4, 0.5) is 0 Å². The summed E-state index contributed by atoms with van der Waals surface area (Å²) in [6.45, 7) is 5.20. The fourth-order valence-electron chi connectivity index (χ4n) is 2.84. The number of nitrogens with one attached hydrogen (secondary N) is 2. The standard InChI is InChI=1S/C17H21N3O2/c1-3-14-11(2)16(20-19-14)17(21)18-9-12-8-13-6-4-5-7-15(13)22-10-12/h4-7,12H,3,8-10H2,1-2H3,(H,18,21)(H,19,20)/t12-/m1/s1. The molecule has 0 saturated heterocycles. The minimum atomic E-state index is -0.118. The summed E-state index contributed by atoms with van der Waals surface area (Å²) < 4.78 is 5.75. The maximum Gasteiger partial charge on any atom is 0.272 e. The first-order chi connectivity index (χ1) is 10.7. The number of aryl methyl sites for hydroxylation is 1. The number of hydrogen-bond donors (Lipinski definition) is 2. The van der Waals surface area contributed by atoms with Gasteiger partial charge in [0, 0.05) is 23.7 Å². The molecular formula is C17H21N3O2. The monoisotopic (exact) mass is 299 g/mol. The molecule has 5 nitrogen and oxygen atoms in total. The highest BCUT2D eigenvalue weighted by Gasteiger charge is 2.21. The number of amides is 1. The molecule has 1 aromatic heterocycles. The average molecular weight is 299 g/mol. The average Bonchev–Trinajstić information content (AvgIpc) is 2.93. The number of benzene rings is 1. The number of fused-ring (bicyclic) bond motifs is 1. The third kappa shape index (κ3) is 2.84. The van der Waals surface area contributed by atoms with Crippen LogP contribution in [0.1, 0.15) is 34.2 Å². The molecule has 5 heteroatoms. The second-order valence-corrected chi connectivity index (χ2v) is 5.73. The van der Waals surface area contributed by atoms with Crippen LogP contribution in [0.2, 0.25) is 0 Å². The second-order valence-electron chi connectivity index (χ2n) is 5.73. The minimum absolute atomic E-state index is 0.118. The first-order valence-corrected chi connectivity index (χ1v) is 7.71. The Kier molecular flexibility index (Phi) is 4.13. The van der Waals surface area contributed by atoms with E-state index >= 15 is 0 Å². The first kappa shape index (κ1) is 14.6.